The van der Waals surface area contributed by atoms with Gasteiger partial charge in [0.15, 0.2) is 0 Å². The van der Waals surface area contributed by atoms with Crippen LogP contribution in [0.3, 0.4) is 0 Å². The molecular formula is C34H33N5O. The molecule has 2 N–H and O–H groups in total. The highest BCUT2D eigenvalue weighted by atomic mass is 16.3. The maximum Gasteiger partial charge on any atom is 0.141 e. The Morgan fingerprint density at radius 3 is 2.55 bits per heavy atom. The van der Waals surface area contributed by atoms with E-state index in [2.05, 4.69) is 71.2 Å². The fourth-order valence-corrected chi connectivity index (χ4v) is 6.60. The van der Waals surface area contributed by atoms with Crippen molar-refractivity contribution in [2.24, 2.45) is 10.4 Å². The number of imidazole rings is 1. The lowest BCUT2D eigenvalue weighted by Gasteiger charge is -2.52. The number of benzene rings is 3. The third-order valence-corrected chi connectivity index (χ3v) is 8.87. The number of fused-ring (bicyclic) bond motifs is 4. The highest BCUT2D eigenvalue weighted by Gasteiger charge is 2.51. The zero-order valence-corrected chi connectivity index (χ0v) is 22.8. The van der Waals surface area contributed by atoms with Gasteiger partial charge < -0.3 is 9.67 Å². The molecule has 1 fully saturated rings. The summed E-state index contributed by atoms with van der Waals surface area (Å²) in [5.41, 5.74) is 8.34. The first-order valence-electron chi connectivity index (χ1n) is 14.1. The summed E-state index contributed by atoms with van der Waals surface area (Å²) in [4.78, 5) is 14.4. The van der Waals surface area contributed by atoms with Crippen molar-refractivity contribution in [3.63, 3.8) is 0 Å². The summed E-state index contributed by atoms with van der Waals surface area (Å²) in [6.45, 7) is 5.11. The Hall–Kier alpha value is -4.13. The molecule has 6 heteroatoms. The van der Waals surface area contributed by atoms with Gasteiger partial charge in [-0.05, 0) is 55.0 Å². The quantitative estimate of drug-likeness (QED) is 0.229. The first-order chi connectivity index (χ1) is 19.5. The molecule has 40 heavy (non-hydrogen) atoms. The lowest BCUT2D eigenvalue weighted by atomic mass is 9.54. The zero-order valence-electron chi connectivity index (χ0n) is 22.8. The molecule has 1 saturated carbocycles. The molecule has 3 aromatic carbocycles. The largest absolute Gasteiger partial charge is 0.374 e. The second kappa shape index (κ2) is 9.81. The van der Waals surface area contributed by atoms with Gasteiger partial charge in [0.2, 0.25) is 0 Å². The van der Waals surface area contributed by atoms with E-state index in [-0.39, 0.29) is 11.5 Å². The molecule has 0 amide bonds. The fourth-order valence-electron chi connectivity index (χ4n) is 6.60. The summed E-state index contributed by atoms with van der Waals surface area (Å²) in [7, 11) is 0. The van der Waals surface area contributed by atoms with Gasteiger partial charge in [-0.15, -0.1) is 0 Å². The van der Waals surface area contributed by atoms with Crippen molar-refractivity contribution in [2.75, 3.05) is 0 Å². The molecule has 3 heterocycles. The number of hydrogen-bond acceptors (Lipinski definition) is 5. The maximum absolute atomic E-state index is 11.4. The van der Waals surface area contributed by atoms with Gasteiger partial charge in [-0.25, -0.2) is 4.98 Å². The first-order valence-corrected chi connectivity index (χ1v) is 14.1. The zero-order chi connectivity index (χ0) is 27.3. The van der Waals surface area contributed by atoms with Gasteiger partial charge in [-0.1, -0.05) is 73.7 Å². The summed E-state index contributed by atoms with van der Waals surface area (Å²) in [6, 6.07) is 28.7. The molecule has 0 saturated heterocycles. The van der Waals surface area contributed by atoms with Crippen LogP contribution >= 0.6 is 0 Å². The van der Waals surface area contributed by atoms with Crippen LogP contribution in [0.15, 0.2) is 102 Å². The van der Waals surface area contributed by atoms with Crippen LogP contribution in [0.5, 0.6) is 0 Å². The van der Waals surface area contributed by atoms with E-state index in [1.807, 2.05) is 54.9 Å². The van der Waals surface area contributed by atoms with E-state index in [4.69, 9.17) is 9.98 Å². The molecule has 3 unspecified atom stereocenters. The molecule has 6 nitrogen and oxygen atoms in total. The standard InChI is InChI=1S/C34H33N5O/c1-22(31-34(2)17-15-27(34)26-20-35-18-16-28(26)37-31)36-33(40)25-13-14-29-30(19-25)39(21-23-9-5-3-6-10-23)32(38-29)24-11-7-4-8-12-24/h3-14,16,18-20,22,27,33,36,40H,15,17,21H2,1-2H3/t22-,27?,33?,34?/m1/s1. The first kappa shape index (κ1) is 24.9. The van der Waals surface area contributed by atoms with E-state index in [9.17, 15) is 5.11 Å². The van der Waals surface area contributed by atoms with Crippen molar-refractivity contribution in [1.29, 1.82) is 0 Å². The minimum atomic E-state index is -0.844. The molecule has 4 atom stereocenters. The van der Waals surface area contributed by atoms with Gasteiger partial charge in [-0.3, -0.25) is 15.3 Å². The van der Waals surface area contributed by atoms with E-state index in [1.165, 1.54) is 11.1 Å². The molecule has 5 aromatic rings. The number of hydrogen-bond donors (Lipinski definition) is 2. The number of aliphatic hydroxyl groups excluding tert-OH is 1. The third kappa shape index (κ3) is 4.15. The minimum absolute atomic E-state index is 0.00892. The summed E-state index contributed by atoms with van der Waals surface area (Å²) >= 11 is 0. The Kier molecular flexibility index (Phi) is 6.10. The van der Waals surface area contributed by atoms with Crippen LogP contribution in [0, 0.1) is 5.41 Å². The van der Waals surface area contributed by atoms with E-state index < -0.39 is 6.23 Å². The lowest BCUT2D eigenvalue weighted by Crippen LogP contribution is -2.52. The SMILES string of the molecule is C[C@@H](NC(O)c1ccc2nc(-c3ccccc3)n(Cc3ccccc3)c2c1)C1=Nc2ccncc2C2CCC12C. The monoisotopic (exact) mass is 527 g/mol. The summed E-state index contributed by atoms with van der Waals surface area (Å²) in [6.07, 6.45) is 5.19. The van der Waals surface area contributed by atoms with Crippen molar-refractivity contribution in [3.8, 4) is 11.4 Å². The van der Waals surface area contributed by atoms with Crippen LogP contribution in [0.2, 0.25) is 0 Å². The van der Waals surface area contributed by atoms with Crippen LogP contribution in [0.4, 0.5) is 5.69 Å². The van der Waals surface area contributed by atoms with Crippen molar-refractivity contribution >= 4 is 22.4 Å². The Morgan fingerprint density at radius 1 is 1.02 bits per heavy atom. The van der Waals surface area contributed by atoms with Gasteiger partial charge in [0, 0.05) is 47.2 Å². The van der Waals surface area contributed by atoms with Crippen LogP contribution < -0.4 is 5.32 Å². The average molecular weight is 528 g/mol. The molecular weight excluding hydrogens is 494 g/mol. The van der Waals surface area contributed by atoms with Crippen molar-refractivity contribution in [1.82, 2.24) is 19.9 Å². The van der Waals surface area contributed by atoms with Crippen LogP contribution in [0.1, 0.15) is 55.5 Å². The van der Waals surface area contributed by atoms with E-state index in [0.717, 1.165) is 52.2 Å². The van der Waals surface area contributed by atoms with E-state index in [0.29, 0.717) is 12.5 Å². The number of nitrogens with one attached hydrogen (secondary N) is 1. The molecule has 0 bridgehead atoms. The number of aliphatic imine (C=N–C) groups is 1. The fraction of sp³-hybridized carbons (Fsp3) is 0.265. The Bertz CT molecular complexity index is 1710. The molecule has 2 aromatic heterocycles. The Labute approximate surface area is 234 Å². The second-order valence-corrected chi connectivity index (χ2v) is 11.4. The highest BCUT2D eigenvalue weighted by Crippen LogP contribution is 2.58. The summed E-state index contributed by atoms with van der Waals surface area (Å²) in [5, 5.41) is 14.9. The van der Waals surface area contributed by atoms with Crippen molar-refractivity contribution in [3.05, 3.63) is 114 Å². The van der Waals surface area contributed by atoms with Crippen molar-refractivity contribution in [2.45, 2.75) is 51.4 Å². The molecule has 1 aliphatic carbocycles. The van der Waals surface area contributed by atoms with Crippen LogP contribution in [-0.2, 0) is 6.54 Å². The molecule has 2 aliphatic rings. The average Bonchev–Trinajstić information content (AvgIpc) is 3.33. The molecule has 7 rings (SSSR count). The van der Waals surface area contributed by atoms with Crippen molar-refractivity contribution < 1.29 is 5.11 Å². The van der Waals surface area contributed by atoms with Gasteiger partial charge in [-0.2, -0.15) is 0 Å². The molecule has 0 radical (unpaired) electrons. The van der Waals surface area contributed by atoms with Gasteiger partial charge in [0.05, 0.1) is 16.7 Å². The predicted octanol–water partition coefficient (Wildman–Crippen LogP) is 6.79. The smallest absolute Gasteiger partial charge is 0.141 e. The lowest BCUT2D eigenvalue weighted by molar-refractivity contribution is 0.128. The summed E-state index contributed by atoms with van der Waals surface area (Å²) in [5.74, 6) is 1.35. The van der Waals surface area contributed by atoms with Gasteiger partial charge >= 0.3 is 0 Å². The van der Waals surface area contributed by atoms with E-state index in [1.54, 1.807) is 0 Å². The predicted molar refractivity (Wildman–Crippen MR) is 160 cm³/mol. The third-order valence-electron chi connectivity index (χ3n) is 8.87. The molecule has 200 valence electrons. The summed E-state index contributed by atoms with van der Waals surface area (Å²) < 4.78 is 2.25. The number of rotatable bonds is 7. The Morgan fingerprint density at radius 2 is 1.80 bits per heavy atom. The number of pyridine rings is 1. The molecule has 0 spiro atoms. The second-order valence-electron chi connectivity index (χ2n) is 11.4. The molecule has 1 aliphatic heterocycles. The van der Waals surface area contributed by atoms with Crippen LogP contribution in [0.25, 0.3) is 22.4 Å². The Balaban J connectivity index is 1.22. The number of aliphatic hydroxyl groups is 1. The normalized spacial score (nSPS) is 21.2. The number of aromatic nitrogens is 3. The van der Waals surface area contributed by atoms with Gasteiger partial charge in [0.25, 0.3) is 0 Å². The topological polar surface area (TPSA) is 75.3 Å². The van der Waals surface area contributed by atoms with Crippen LogP contribution in [-0.4, -0.2) is 31.4 Å². The maximum atomic E-state index is 11.4. The van der Waals surface area contributed by atoms with E-state index >= 15 is 0 Å². The minimum Gasteiger partial charge on any atom is -0.374 e. The number of nitrogens with zero attached hydrogens (tertiary/aromatic N) is 4. The van der Waals surface area contributed by atoms with Gasteiger partial charge in [0.1, 0.15) is 12.1 Å². The highest BCUT2D eigenvalue weighted by molar-refractivity contribution is 5.99.